The second-order valence-electron chi connectivity index (χ2n) is 9.19. The highest BCUT2D eigenvalue weighted by Crippen LogP contribution is 2.37. The highest BCUT2D eigenvalue weighted by Gasteiger charge is 2.31. The number of nitrogens with zero attached hydrogens (tertiary/aromatic N) is 2. The van der Waals surface area contributed by atoms with Gasteiger partial charge in [0.05, 0.1) is 23.8 Å². The van der Waals surface area contributed by atoms with Crippen LogP contribution in [0.5, 0.6) is 5.75 Å². The maximum Gasteiger partial charge on any atom is 0.136 e. The van der Waals surface area contributed by atoms with Crippen LogP contribution < -0.4 is 9.84 Å². The van der Waals surface area contributed by atoms with Gasteiger partial charge in [-0.05, 0) is 68.1 Å². The number of halogens is 3. The van der Waals surface area contributed by atoms with Crippen molar-refractivity contribution in [3.8, 4) is 5.75 Å². The standard InChI is InChI=1S/C27H29ClF2N2O4S/c1-36-18-4-6-23-19(13-18)26(21(28)14-31-23)24(33)7-2-16-8-9-32(15-20(16)27(34)35)10-11-37-25-12-17(29)3-5-22(25)30/h3-6,12-14,16,20,24,33H,2,7-11,15H2,1H3,(H,34,35)/p-1. The van der Waals surface area contributed by atoms with Crippen LogP contribution in [0.3, 0.4) is 0 Å². The highest BCUT2D eigenvalue weighted by molar-refractivity contribution is 7.99. The molecule has 3 aromatic rings. The summed E-state index contributed by atoms with van der Waals surface area (Å²) in [7, 11) is 1.56. The predicted molar refractivity (Wildman–Crippen MR) is 138 cm³/mol. The molecule has 4 rings (SSSR count). The lowest BCUT2D eigenvalue weighted by molar-refractivity contribution is -0.314. The van der Waals surface area contributed by atoms with Crippen LogP contribution in [0.15, 0.2) is 47.5 Å². The maximum atomic E-state index is 13.9. The number of ether oxygens (including phenoxy) is 1. The molecule has 3 atom stereocenters. The molecular formula is C27H28ClF2N2O4S-. The van der Waals surface area contributed by atoms with E-state index in [1.54, 1.807) is 25.3 Å². The molecule has 37 heavy (non-hydrogen) atoms. The van der Waals surface area contributed by atoms with Crippen molar-refractivity contribution in [3.63, 3.8) is 0 Å². The Morgan fingerprint density at radius 3 is 2.89 bits per heavy atom. The summed E-state index contributed by atoms with van der Waals surface area (Å²) in [4.78, 5) is 18.5. The summed E-state index contributed by atoms with van der Waals surface area (Å²) >= 11 is 7.61. The van der Waals surface area contributed by atoms with E-state index in [1.165, 1.54) is 18.0 Å². The minimum absolute atomic E-state index is 0.161. The number of methoxy groups -OCH3 is 1. The summed E-state index contributed by atoms with van der Waals surface area (Å²) in [6, 6.07) is 8.70. The van der Waals surface area contributed by atoms with Crippen LogP contribution in [-0.2, 0) is 4.79 Å². The molecule has 2 heterocycles. The summed E-state index contributed by atoms with van der Waals surface area (Å²) in [5, 5.41) is 24.0. The Morgan fingerprint density at radius 2 is 2.14 bits per heavy atom. The molecule has 1 aromatic heterocycles. The number of hydrogen-bond donors (Lipinski definition) is 1. The number of benzene rings is 2. The SMILES string of the molecule is COc1ccc2ncc(Cl)c(C(O)CCC3CCN(CCSc4cc(F)ccc4F)CC3C(=O)[O-])c2c1. The number of carbonyl (C=O) groups is 1. The molecule has 6 nitrogen and oxygen atoms in total. The number of aromatic nitrogens is 1. The van der Waals surface area contributed by atoms with Gasteiger partial charge in [0, 0.05) is 52.8 Å². The number of rotatable bonds is 10. The Morgan fingerprint density at radius 1 is 1.32 bits per heavy atom. The van der Waals surface area contributed by atoms with Crippen molar-refractivity contribution >= 4 is 40.2 Å². The smallest absolute Gasteiger partial charge is 0.136 e. The fraction of sp³-hybridized carbons (Fsp3) is 0.407. The maximum absolute atomic E-state index is 13.9. The Kier molecular flexibility index (Phi) is 9.23. The molecule has 0 spiro atoms. The zero-order valence-electron chi connectivity index (χ0n) is 20.3. The molecule has 0 amide bonds. The number of carboxylic acids is 1. The van der Waals surface area contributed by atoms with Crippen LogP contribution in [0.25, 0.3) is 10.9 Å². The van der Waals surface area contributed by atoms with E-state index in [0.717, 1.165) is 18.2 Å². The van der Waals surface area contributed by atoms with Gasteiger partial charge < -0.3 is 24.6 Å². The van der Waals surface area contributed by atoms with E-state index < -0.39 is 29.6 Å². The summed E-state index contributed by atoms with van der Waals surface area (Å²) in [5.41, 5.74) is 1.23. The van der Waals surface area contributed by atoms with Crippen molar-refractivity contribution in [2.75, 3.05) is 32.5 Å². The fourth-order valence-electron chi connectivity index (χ4n) is 4.91. The van der Waals surface area contributed by atoms with Gasteiger partial charge in [-0.3, -0.25) is 4.98 Å². The van der Waals surface area contributed by atoms with E-state index in [4.69, 9.17) is 16.3 Å². The molecule has 1 fully saturated rings. The van der Waals surface area contributed by atoms with Gasteiger partial charge in [0.25, 0.3) is 0 Å². The second-order valence-corrected chi connectivity index (χ2v) is 10.7. The molecule has 3 unspecified atom stereocenters. The van der Waals surface area contributed by atoms with Crippen molar-refractivity contribution in [1.82, 2.24) is 9.88 Å². The number of thioether (sulfide) groups is 1. The summed E-state index contributed by atoms with van der Waals surface area (Å²) in [6.07, 6.45) is 2.05. The van der Waals surface area contributed by atoms with Crippen LogP contribution in [0.1, 0.15) is 30.9 Å². The predicted octanol–water partition coefficient (Wildman–Crippen LogP) is 4.47. The first-order valence-electron chi connectivity index (χ1n) is 12.1. The van der Waals surface area contributed by atoms with E-state index >= 15 is 0 Å². The molecule has 1 N–H and O–H groups in total. The summed E-state index contributed by atoms with van der Waals surface area (Å²) in [5.74, 6) is -1.83. The zero-order chi connectivity index (χ0) is 26.5. The number of pyridine rings is 1. The van der Waals surface area contributed by atoms with E-state index in [9.17, 15) is 23.8 Å². The molecule has 198 valence electrons. The highest BCUT2D eigenvalue weighted by atomic mass is 35.5. The molecule has 1 aliphatic heterocycles. The van der Waals surface area contributed by atoms with Crippen molar-refractivity contribution in [3.05, 3.63) is 64.8 Å². The minimum Gasteiger partial charge on any atom is -0.550 e. The first kappa shape index (κ1) is 27.6. The monoisotopic (exact) mass is 549 g/mol. The van der Waals surface area contributed by atoms with Crippen molar-refractivity contribution in [1.29, 1.82) is 0 Å². The molecule has 0 bridgehead atoms. The van der Waals surface area contributed by atoms with Gasteiger partial charge in [0.15, 0.2) is 0 Å². The van der Waals surface area contributed by atoms with Gasteiger partial charge >= 0.3 is 0 Å². The topological polar surface area (TPSA) is 85.7 Å². The number of carboxylic acid groups (broad SMARTS) is 1. The average molecular weight is 550 g/mol. The van der Waals surface area contributed by atoms with Gasteiger partial charge in [-0.2, -0.15) is 0 Å². The van der Waals surface area contributed by atoms with Gasteiger partial charge in [-0.25, -0.2) is 8.78 Å². The van der Waals surface area contributed by atoms with Crippen LogP contribution in [0, 0.1) is 23.5 Å². The number of fused-ring (bicyclic) bond motifs is 1. The number of aliphatic carboxylic acids is 1. The normalized spacial score (nSPS) is 19.2. The minimum atomic E-state index is -1.12. The fourth-order valence-corrected chi connectivity index (χ4v) is 6.15. The molecule has 0 radical (unpaired) electrons. The van der Waals surface area contributed by atoms with Gasteiger partial charge in [-0.15, -0.1) is 11.8 Å². The molecule has 10 heteroatoms. The lowest BCUT2D eigenvalue weighted by atomic mass is 9.81. The van der Waals surface area contributed by atoms with E-state index in [0.29, 0.717) is 71.9 Å². The van der Waals surface area contributed by atoms with Crippen molar-refractivity contribution in [2.24, 2.45) is 11.8 Å². The van der Waals surface area contributed by atoms with E-state index in [2.05, 4.69) is 4.98 Å². The summed E-state index contributed by atoms with van der Waals surface area (Å²) < 4.78 is 32.5. The number of aliphatic hydroxyl groups is 1. The van der Waals surface area contributed by atoms with Crippen molar-refractivity contribution < 1.29 is 28.5 Å². The molecule has 0 saturated carbocycles. The summed E-state index contributed by atoms with van der Waals surface area (Å²) in [6.45, 7) is 1.53. The Hall–Kier alpha value is -2.46. The zero-order valence-corrected chi connectivity index (χ0v) is 21.9. The third-order valence-electron chi connectivity index (χ3n) is 6.91. The van der Waals surface area contributed by atoms with Gasteiger partial charge in [0.1, 0.15) is 17.4 Å². The van der Waals surface area contributed by atoms with Gasteiger partial charge in [0.2, 0.25) is 0 Å². The third-order valence-corrected chi connectivity index (χ3v) is 8.23. The Labute approximate surface area is 223 Å². The Balaban J connectivity index is 1.36. The van der Waals surface area contributed by atoms with Crippen LogP contribution in [0.4, 0.5) is 8.78 Å². The molecule has 0 aliphatic carbocycles. The van der Waals surface area contributed by atoms with E-state index in [1.807, 2.05) is 4.90 Å². The quantitative estimate of drug-likeness (QED) is 0.373. The number of likely N-dealkylation sites (tertiary alicyclic amines) is 1. The Bertz CT molecular complexity index is 1260. The number of carbonyl (C=O) groups excluding carboxylic acids is 1. The largest absolute Gasteiger partial charge is 0.550 e. The van der Waals surface area contributed by atoms with E-state index in [-0.39, 0.29) is 10.8 Å². The molecular weight excluding hydrogens is 522 g/mol. The average Bonchev–Trinajstić information content (AvgIpc) is 2.89. The lowest BCUT2D eigenvalue weighted by Crippen LogP contribution is -2.49. The van der Waals surface area contributed by atoms with Crippen LogP contribution in [0.2, 0.25) is 5.02 Å². The van der Waals surface area contributed by atoms with Crippen LogP contribution >= 0.6 is 23.4 Å². The molecule has 1 aliphatic rings. The number of aliphatic hydroxyl groups excluding tert-OH is 1. The first-order chi connectivity index (χ1) is 17.8. The van der Waals surface area contributed by atoms with Crippen molar-refractivity contribution in [2.45, 2.75) is 30.3 Å². The van der Waals surface area contributed by atoms with Crippen LogP contribution in [-0.4, -0.2) is 53.5 Å². The number of hydrogen-bond acceptors (Lipinski definition) is 7. The molecule has 1 saturated heterocycles. The second kappa shape index (κ2) is 12.4. The van der Waals surface area contributed by atoms with Gasteiger partial charge in [-0.1, -0.05) is 11.6 Å². The molecule has 2 aromatic carbocycles. The number of piperidine rings is 1. The lowest BCUT2D eigenvalue weighted by Gasteiger charge is -2.39. The third kappa shape index (κ3) is 6.71. The first-order valence-corrected chi connectivity index (χ1v) is 13.4.